The van der Waals surface area contributed by atoms with E-state index in [9.17, 15) is 0 Å². The first-order valence-corrected chi connectivity index (χ1v) is 11.0. The molecule has 0 saturated heterocycles. The van der Waals surface area contributed by atoms with E-state index in [1.165, 1.54) is 38.8 Å². The fourth-order valence-electron chi connectivity index (χ4n) is 3.78. The number of benzene rings is 2. The molecule has 0 amide bonds. The quantitative estimate of drug-likeness (QED) is 0.293. The van der Waals surface area contributed by atoms with Crippen molar-refractivity contribution in [2.75, 3.05) is 39.1 Å². The van der Waals surface area contributed by atoms with Gasteiger partial charge in [0.25, 0.3) is 0 Å². The molecule has 1 aromatic heterocycles. The number of fused-ring (bicyclic) bond motifs is 2. The molecule has 4 nitrogen and oxygen atoms in total. The molecule has 3 rings (SSSR count). The number of hydrogen-bond donors (Lipinski definition) is 1. The average Bonchev–Trinajstić information content (AvgIpc) is 2.72. The molecule has 0 radical (unpaired) electrons. The van der Waals surface area contributed by atoms with Crippen LogP contribution in [0.5, 0.6) is 5.75 Å². The summed E-state index contributed by atoms with van der Waals surface area (Å²) in [6.07, 6.45) is 6.16. The van der Waals surface area contributed by atoms with E-state index in [1.54, 1.807) is 7.11 Å². The summed E-state index contributed by atoms with van der Waals surface area (Å²) in [4.78, 5) is 7.21. The maximum absolute atomic E-state index is 6.20. The fraction of sp³-hybridized carbons (Fsp3) is 0.458. The van der Waals surface area contributed by atoms with Crippen LogP contribution in [0.4, 0.5) is 5.69 Å². The third-order valence-corrected chi connectivity index (χ3v) is 5.55. The van der Waals surface area contributed by atoms with Gasteiger partial charge < -0.3 is 15.0 Å². The van der Waals surface area contributed by atoms with E-state index >= 15 is 0 Å². The summed E-state index contributed by atoms with van der Waals surface area (Å²) in [6.45, 7) is 5.57. The van der Waals surface area contributed by atoms with Crippen molar-refractivity contribution in [1.29, 1.82) is 0 Å². The van der Waals surface area contributed by atoms with Gasteiger partial charge >= 0.3 is 0 Å². The number of pyridine rings is 1. The summed E-state index contributed by atoms with van der Waals surface area (Å²) in [5.74, 6) is 0.840. The number of anilines is 1. The number of methoxy groups -OCH3 is 1. The molecule has 156 valence electrons. The Bertz CT molecular complexity index is 944. The Balaban J connectivity index is 1.68. The number of halogens is 1. The van der Waals surface area contributed by atoms with E-state index in [0.717, 1.165) is 46.2 Å². The van der Waals surface area contributed by atoms with E-state index < -0.39 is 0 Å². The number of unbranched alkanes of at least 4 members (excludes halogenated alkanes) is 3. The first-order chi connectivity index (χ1) is 14.1. The smallest absolute Gasteiger partial charge is 0.119 e. The molecule has 29 heavy (non-hydrogen) atoms. The summed E-state index contributed by atoms with van der Waals surface area (Å²) < 4.78 is 5.43. The first-order valence-electron chi connectivity index (χ1n) is 10.6. The SMILES string of the molecule is CCCN(C)CCCCCCNc1c2ccc(Cl)cc2nc2ccc(OC)cc12. The number of nitrogens with one attached hydrogen (secondary N) is 1. The lowest BCUT2D eigenvalue weighted by Gasteiger charge is -2.15. The summed E-state index contributed by atoms with van der Waals surface area (Å²) in [6, 6.07) is 11.9. The largest absolute Gasteiger partial charge is 0.497 e. The monoisotopic (exact) mass is 413 g/mol. The Kier molecular flexibility index (Phi) is 7.96. The number of rotatable bonds is 11. The highest BCUT2D eigenvalue weighted by Gasteiger charge is 2.10. The van der Waals surface area contributed by atoms with Crippen molar-refractivity contribution in [2.45, 2.75) is 39.0 Å². The molecule has 0 aliphatic carbocycles. The van der Waals surface area contributed by atoms with Gasteiger partial charge in [0.05, 0.1) is 23.8 Å². The molecule has 3 aromatic rings. The number of ether oxygens (including phenoxy) is 1. The Morgan fingerprint density at radius 3 is 2.59 bits per heavy atom. The van der Waals surface area contributed by atoms with Crippen molar-refractivity contribution in [3.63, 3.8) is 0 Å². The zero-order chi connectivity index (χ0) is 20.6. The van der Waals surface area contributed by atoms with E-state index in [1.807, 2.05) is 24.3 Å². The van der Waals surface area contributed by atoms with Crippen LogP contribution in [0.2, 0.25) is 5.02 Å². The van der Waals surface area contributed by atoms with Crippen molar-refractivity contribution < 1.29 is 4.74 Å². The van der Waals surface area contributed by atoms with Gasteiger partial charge in [-0.3, -0.25) is 0 Å². The van der Waals surface area contributed by atoms with Gasteiger partial charge in [0.2, 0.25) is 0 Å². The molecule has 0 spiro atoms. The molecule has 5 heteroatoms. The van der Waals surface area contributed by atoms with E-state index in [0.29, 0.717) is 5.02 Å². The van der Waals surface area contributed by atoms with Gasteiger partial charge in [-0.15, -0.1) is 0 Å². The lowest BCUT2D eigenvalue weighted by molar-refractivity contribution is 0.325. The fourth-order valence-corrected chi connectivity index (χ4v) is 3.95. The summed E-state index contributed by atoms with van der Waals surface area (Å²) in [5.41, 5.74) is 2.97. The summed E-state index contributed by atoms with van der Waals surface area (Å²) in [7, 11) is 3.91. The van der Waals surface area contributed by atoms with Crippen LogP contribution in [0.25, 0.3) is 21.8 Å². The van der Waals surface area contributed by atoms with Crippen LogP contribution in [0.1, 0.15) is 39.0 Å². The van der Waals surface area contributed by atoms with Gasteiger partial charge in [-0.25, -0.2) is 4.98 Å². The van der Waals surface area contributed by atoms with Crippen LogP contribution in [-0.4, -0.2) is 43.7 Å². The highest BCUT2D eigenvalue weighted by Crippen LogP contribution is 2.34. The Morgan fingerprint density at radius 2 is 1.79 bits per heavy atom. The maximum atomic E-state index is 6.20. The van der Waals surface area contributed by atoms with Crippen molar-refractivity contribution in [2.24, 2.45) is 0 Å². The number of nitrogens with zero attached hydrogens (tertiary/aromatic N) is 2. The van der Waals surface area contributed by atoms with Gasteiger partial charge in [-0.1, -0.05) is 31.4 Å². The molecule has 0 saturated carbocycles. The Morgan fingerprint density at radius 1 is 0.966 bits per heavy atom. The second-order valence-electron chi connectivity index (χ2n) is 7.68. The summed E-state index contributed by atoms with van der Waals surface area (Å²) >= 11 is 6.20. The molecule has 0 aliphatic rings. The zero-order valence-electron chi connectivity index (χ0n) is 17.8. The Labute approximate surface area is 179 Å². The summed E-state index contributed by atoms with van der Waals surface area (Å²) in [5, 5.41) is 6.56. The molecule has 1 heterocycles. The van der Waals surface area contributed by atoms with Crippen LogP contribution < -0.4 is 10.1 Å². The minimum absolute atomic E-state index is 0.705. The molecule has 1 N–H and O–H groups in total. The topological polar surface area (TPSA) is 37.4 Å². The van der Waals surface area contributed by atoms with E-state index in [-0.39, 0.29) is 0 Å². The minimum atomic E-state index is 0.705. The van der Waals surface area contributed by atoms with Gasteiger partial charge in [0.15, 0.2) is 0 Å². The third-order valence-electron chi connectivity index (χ3n) is 5.32. The molecule has 2 aromatic carbocycles. The van der Waals surface area contributed by atoms with Crippen LogP contribution in [-0.2, 0) is 0 Å². The van der Waals surface area contributed by atoms with Gasteiger partial charge in [-0.2, -0.15) is 0 Å². The minimum Gasteiger partial charge on any atom is -0.497 e. The molecule has 0 aliphatic heterocycles. The molecule has 0 atom stereocenters. The zero-order valence-corrected chi connectivity index (χ0v) is 18.6. The average molecular weight is 414 g/mol. The standard InChI is InChI=1S/C24H32ClN3O/c1-4-14-28(2)15-8-6-5-7-13-26-24-20-11-9-18(25)16-23(20)27-22-12-10-19(29-3)17-21(22)24/h9-12,16-17H,4-8,13-15H2,1-3H3,(H,26,27). The van der Waals surface area contributed by atoms with Crippen molar-refractivity contribution >= 4 is 39.1 Å². The lowest BCUT2D eigenvalue weighted by Crippen LogP contribution is -2.20. The molecule has 0 unspecified atom stereocenters. The predicted octanol–water partition coefficient (Wildman–Crippen LogP) is 6.36. The van der Waals surface area contributed by atoms with E-state index in [4.69, 9.17) is 21.3 Å². The van der Waals surface area contributed by atoms with Crippen LogP contribution in [0.3, 0.4) is 0 Å². The van der Waals surface area contributed by atoms with Gasteiger partial charge in [0.1, 0.15) is 5.75 Å². The molecular weight excluding hydrogens is 382 g/mol. The van der Waals surface area contributed by atoms with E-state index in [2.05, 4.69) is 36.3 Å². The number of hydrogen-bond acceptors (Lipinski definition) is 4. The van der Waals surface area contributed by atoms with Gasteiger partial charge in [-0.05, 0) is 75.8 Å². The van der Waals surface area contributed by atoms with Crippen molar-refractivity contribution in [3.05, 3.63) is 41.4 Å². The first kappa shape index (κ1) is 21.7. The maximum Gasteiger partial charge on any atom is 0.119 e. The molecule has 0 fully saturated rings. The number of aromatic nitrogens is 1. The van der Waals surface area contributed by atoms with Gasteiger partial charge in [0, 0.05) is 22.3 Å². The van der Waals surface area contributed by atoms with Crippen LogP contribution >= 0.6 is 11.6 Å². The van der Waals surface area contributed by atoms with Crippen molar-refractivity contribution in [1.82, 2.24) is 9.88 Å². The predicted molar refractivity (Wildman–Crippen MR) is 126 cm³/mol. The Hall–Kier alpha value is -2.04. The second-order valence-corrected chi connectivity index (χ2v) is 8.11. The van der Waals surface area contributed by atoms with Crippen LogP contribution in [0.15, 0.2) is 36.4 Å². The molecular formula is C24H32ClN3O. The molecule has 0 bridgehead atoms. The highest BCUT2D eigenvalue weighted by atomic mass is 35.5. The highest BCUT2D eigenvalue weighted by molar-refractivity contribution is 6.31. The lowest BCUT2D eigenvalue weighted by atomic mass is 10.1. The normalized spacial score (nSPS) is 11.5. The third kappa shape index (κ3) is 5.74. The van der Waals surface area contributed by atoms with Crippen LogP contribution in [0, 0.1) is 0 Å². The second kappa shape index (κ2) is 10.7. The van der Waals surface area contributed by atoms with Crippen molar-refractivity contribution in [3.8, 4) is 5.75 Å².